The van der Waals surface area contributed by atoms with Crippen molar-refractivity contribution >= 4 is 49.0 Å². The van der Waals surface area contributed by atoms with Crippen molar-refractivity contribution in [2.24, 2.45) is 5.92 Å². The quantitative estimate of drug-likeness (QED) is 0.801. The number of carbonyl (C=O) groups is 2. The molecule has 1 amide bonds. The predicted molar refractivity (Wildman–Crippen MR) is 101 cm³/mol. The van der Waals surface area contributed by atoms with E-state index in [1.807, 2.05) is 6.07 Å². The standard InChI is InChI=1S/C17H20N2O5S2/c1-24-17(21)15-9-12-8-13(5-6-14(12)25-15)18-16(20)11-4-3-7-19(10-11)26(2,22)23/h5-6,8-9,11H,3-4,7,10H2,1-2H3,(H,18,20)/t11-/m0/s1. The van der Waals surface area contributed by atoms with E-state index in [9.17, 15) is 18.0 Å². The van der Waals surface area contributed by atoms with E-state index >= 15 is 0 Å². The fourth-order valence-corrected chi connectivity index (χ4v) is 4.90. The summed E-state index contributed by atoms with van der Waals surface area (Å²) >= 11 is 1.33. The zero-order valence-corrected chi connectivity index (χ0v) is 16.2. The zero-order chi connectivity index (χ0) is 18.9. The van der Waals surface area contributed by atoms with Gasteiger partial charge in [-0.05, 0) is 42.5 Å². The molecule has 2 aromatic rings. The van der Waals surface area contributed by atoms with Gasteiger partial charge in [-0.25, -0.2) is 17.5 Å². The van der Waals surface area contributed by atoms with Gasteiger partial charge >= 0.3 is 5.97 Å². The monoisotopic (exact) mass is 396 g/mol. The molecule has 1 N–H and O–H groups in total. The normalized spacial score (nSPS) is 18.6. The van der Waals surface area contributed by atoms with Gasteiger partial charge in [0.05, 0.1) is 19.3 Å². The van der Waals surface area contributed by atoms with E-state index in [-0.39, 0.29) is 24.3 Å². The molecule has 1 aliphatic rings. The Morgan fingerprint density at radius 2 is 2.08 bits per heavy atom. The molecule has 0 spiro atoms. The van der Waals surface area contributed by atoms with Crippen LogP contribution in [0.2, 0.25) is 0 Å². The zero-order valence-electron chi connectivity index (χ0n) is 14.5. The number of esters is 1. The van der Waals surface area contributed by atoms with Gasteiger partial charge in [-0.3, -0.25) is 4.79 Å². The van der Waals surface area contributed by atoms with Crippen LogP contribution in [0.15, 0.2) is 24.3 Å². The number of anilines is 1. The van der Waals surface area contributed by atoms with Crippen LogP contribution >= 0.6 is 11.3 Å². The maximum atomic E-state index is 12.5. The van der Waals surface area contributed by atoms with Gasteiger partial charge in [-0.15, -0.1) is 11.3 Å². The van der Waals surface area contributed by atoms with E-state index < -0.39 is 10.0 Å². The summed E-state index contributed by atoms with van der Waals surface area (Å²) in [6.45, 7) is 0.664. The fourth-order valence-electron chi connectivity index (χ4n) is 3.02. The van der Waals surface area contributed by atoms with E-state index in [4.69, 9.17) is 4.74 Å². The van der Waals surface area contributed by atoms with Gasteiger partial charge in [0.25, 0.3) is 0 Å². The Hall–Kier alpha value is -1.97. The van der Waals surface area contributed by atoms with Crippen LogP contribution in [0.5, 0.6) is 0 Å². The summed E-state index contributed by atoms with van der Waals surface area (Å²) in [6.07, 6.45) is 2.49. The van der Waals surface area contributed by atoms with Crippen molar-refractivity contribution in [3.05, 3.63) is 29.1 Å². The van der Waals surface area contributed by atoms with Gasteiger partial charge in [-0.2, -0.15) is 0 Å². The summed E-state index contributed by atoms with van der Waals surface area (Å²) in [5, 5.41) is 3.70. The molecule has 26 heavy (non-hydrogen) atoms. The number of ether oxygens (including phenoxy) is 1. The summed E-state index contributed by atoms with van der Waals surface area (Å²) in [6, 6.07) is 7.14. The van der Waals surface area contributed by atoms with Crippen molar-refractivity contribution in [3.8, 4) is 0 Å². The highest BCUT2D eigenvalue weighted by Gasteiger charge is 2.30. The molecule has 1 aliphatic heterocycles. The third kappa shape index (κ3) is 4.05. The Kier molecular flexibility index (Phi) is 5.31. The average Bonchev–Trinajstić information content (AvgIpc) is 3.03. The fraction of sp³-hybridized carbons (Fsp3) is 0.412. The first-order chi connectivity index (χ1) is 12.3. The summed E-state index contributed by atoms with van der Waals surface area (Å²) < 4.78 is 30.4. The molecule has 0 saturated carbocycles. The SMILES string of the molecule is COC(=O)c1cc2cc(NC(=O)[C@H]3CCCN(S(C)(=O)=O)C3)ccc2s1. The smallest absolute Gasteiger partial charge is 0.348 e. The van der Waals surface area contributed by atoms with Gasteiger partial charge in [0.15, 0.2) is 0 Å². The molecule has 2 heterocycles. The summed E-state index contributed by atoms with van der Waals surface area (Å²) in [7, 11) is -1.96. The number of nitrogens with zero attached hydrogens (tertiary/aromatic N) is 1. The van der Waals surface area contributed by atoms with Crippen LogP contribution in [-0.4, -0.2) is 51.1 Å². The second kappa shape index (κ2) is 7.34. The molecule has 1 saturated heterocycles. The minimum atomic E-state index is -3.29. The van der Waals surface area contributed by atoms with Crippen LogP contribution in [-0.2, 0) is 19.6 Å². The molecule has 0 radical (unpaired) electrons. The summed E-state index contributed by atoms with van der Waals surface area (Å²) in [4.78, 5) is 24.7. The first kappa shape index (κ1) is 18.8. The topological polar surface area (TPSA) is 92.8 Å². The minimum absolute atomic E-state index is 0.193. The van der Waals surface area contributed by atoms with Crippen molar-refractivity contribution in [1.82, 2.24) is 4.31 Å². The van der Waals surface area contributed by atoms with Gasteiger partial charge in [0.2, 0.25) is 15.9 Å². The second-order valence-corrected chi connectivity index (χ2v) is 9.37. The number of hydrogen-bond acceptors (Lipinski definition) is 6. The van der Waals surface area contributed by atoms with Crippen LogP contribution in [0, 0.1) is 5.92 Å². The van der Waals surface area contributed by atoms with Gasteiger partial charge in [0.1, 0.15) is 4.88 Å². The maximum Gasteiger partial charge on any atom is 0.348 e. The lowest BCUT2D eigenvalue weighted by Crippen LogP contribution is -2.43. The highest BCUT2D eigenvalue weighted by atomic mass is 32.2. The lowest BCUT2D eigenvalue weighted by atomic mass is 9.98. The van der Waals surface area contributed by atoms with Crippen LogP contribution in [0.3, 0.4) is 0 Å². The number of thiophene rings is 1. The first-order valence-electron chi connectivity index (χ1n) is 8.16. The second-order valence-electron chi connectivity index (χ2n) is 6.30. The number of amides is 1. The van der Waals surface area contributed by atoms with Crippen molar-refractivity contribution in [2.75, 3.05) is 31.8 Å². The average molecular weight is 396 g/mol. The molecule has 1 fully saturated rings. The number of carbonyl (C=O) groups excluding carboxylic acids is 2. The maximum absolute atomic E-state index is 12.5. The molecular weight excluding hydrogens is 376 g/mol. The third-order valence-electron chi connectivity index (χ3n) is 4.39. The summed E-state index contributed by atoms with van der Waals surface area (Å²) in [5.74, 6) is -0.955. The van der Waals surface area contributed by atoms with E-state index in [0.29, 0.717) is 30.0 Å². The number of benzene rings is 1. The number of hydrogen-bond donors (Lipinski definition) is 1. The van der Waals surface area contributed by atoms with Gasteiger partial charge < -0.3 is 10.1 Å². The molecule has 3 rings (SSSR count). The molecule has 0 bridgehead atoms. The number of rotatable bonds is 4. The predicted octanol–water partition coefficient (Wildman–Crippen LogP) is 2.30. The molecule has 9 heteroatoms. The molecule has 0 unspecified atom stereocenters. The number of fused-ring (bicyclic) bond motifs is 1. The van der Waals surface area contributed by atoms with Crippen LogP contribution < -0.4 is 5.32 Å². The largest absolute Gasteiger partial charge is 0.465 e. The van der Waals surface area contributed by atoms with Crippen LogP contribution in [0.4, 0.5) is 5.69 Å². The van der Waals surface area contributed by atoms with Crippen LogP contribution in [0.25, 0.3) is 10.1 Å². The highest BCUT2D eigenvalue weighted by molar-refractivity contribution is 7.88. The highest BCUT2D eigenvalue weighted by Crippen LogP contribution is 2.29. The number of methoxy groups -OCH3 is 1. The molecule has 1 aromatic heterocycles. The lowest BCUT2D eigenvalue weighted by Gasteiger charge is -2.30. The molecule has 1 aromatic carbocycles. The Morgan fingerprint density at radius 3 is 2.77 bits per heavy atom. The van der Waals surface area contributed by atoms with Gasteiger partial charge in [-0.1, -0.05) is 0 Å². The number of piperidine rings is 1. The lowest BCUT2D eigenvalue weighted by molar-refractivity contribution is -0.120. The Morgan fingerprint density at radius 1 is 1.31 bits per heavy atom. The van der Waals surface area contributed by atoms with E-state index in [2.05, 4.69) is 5.32 Å². The van der Waals surface area contributed by atoms with Crippen molar-refractivity contribution in [2.45, 2.75) is 12.8 Å². The summed E-state index contributed by atoms with van der Waals surface area (Å²) in [5.41, 5.74) is 0.619. The van der Waals surface area contributed by atoms with Crippen molar-refractivity contribution in [1.29, 1.82) is 0 Å². The number of sulfonamides is 1. The molecular formula is C17H20N2O5S2. The van der Waals surface area contributed by atoms with E-state index in [0.717, 1.165) is 16.3 Å². The Balaban J connectivity index is 1.73. The Labute approximate surface area is 156 Å². The Bertz CT molecular complexity index is 951. The van der Waals surface area contributed by atoms with Crippen molar-refractivity contribution < 1.29 is 22.7 Å². The molecule has 1 atom stereocenters. The minimum Gasteiger partial charge on any atom is -0.465 e. The molecule has 140 valence electrons. The number of nitrogens with one attached hydrogen (secondary N) is 1. The molecule has 7 nitrogen and oxygen atoms in total. The first-order valence-corrected chi connectivity index (χ1v) is 10.8. The third-order valence-corrected chi connectivity index (χ3v) is 6.76. The van der Waals surface area contributed by atoms with Crippen LogP contribution in [0.1, 0.15) is 22.5 Å². The van der Waals surface area contributed by atoms with Crippen molar-refractivity contribution in [3.63, 3.8) is 0 Å². The van der Waals surface area contributed by atoms with E-state index in [1.54, 1.807) is 18.2 Å². The van der Waals surface area contributed by atoms with E-state index in [1.165, 1.54) is 22.8 Å². The molecule has 0 aliphatic carbocycles. The van der Waals surface area contributed by atoms with Gasteiger partial charge in [0, 0.05) is 23.5 Å².